The van der Waals surface area contributed by atoms with E-state index in [4.69, 9.17) is 4.74 Å². The van der Waals surface area contributed by atoms with Gasteiger partial charge in [0.05, 0.1) is 5.92 Å². The Morgan fingerprint density at radius 3 is 2.33 bits per heavy atom. The fourth-order valence-electron chi connectivity index (χ4n) is 5.52. The molecular formula is C28H44O2. The van der Waals surface area contributed by atoms with Gasteiger partial charge in [-0.2, -0.15) is 0 Å². The summed E-state index contributed by atoms with van der Waals surface area (Å²) in [4.78, 5) is 13.0. The lowest BCUT2D eigenvalue weighted by molar-refractivity contribution is -0.140. The van der Waals surface area contributed by atoms with Crippen LogP contribution in [0.1, 0.15) is 127 Å². The van der Waals surface area contributed by atoms with Gasteiger partial charge < -0.3 is 4.74 Å². The van der Waals surface area contributed by atoms with Crippen LogP contribution in [0.25, 0.3) is 0 Å². The SMILES string of the molecule is CCCCCC1CCC(C(=O)Oc2ccc(CCCC)cc2C2CCCCC2)CC1. The summed E-state index contributed by atoms with van der Waals surface area (Å²) in [5, 5.41) is 0. The average molecular weight is 413 g/mol. The lowest BCUT2D eigenvalue weighted by Gasteiger charge is -2.28. The third kappa shape index (κ3) is 6.86. The van der Waals surface area contributed by atoms with Crippen LogP contribution in [0.2, 0.25) is 0 Å². The Morgan fingerprint density at radius 2 is 1.63 bits per heavy atom. The van der Waals surface area contributed by atoms with Gasteiger partial charge in [-0.1, -0.05) is 77.3 Å². The molecule has 0 bridgehead atoms. The zero-order chi connectivity index (χ0) is 21.2. The number of rotatable bonds is 10. The van der Waals surface area contributed by atoms with E-state index in [0.29, 0.717) is 5.92 Å². The highest BCUT2D eigenvalue weighted by Gasteiger charge is 2.29. The molecule has 0 N–H and O–H groups in total. The van der Waals surface area contributed by atoms with E-state index in [0.717, 1.165) is 30.9 Å². The molecular weight excluding hydrogens is 368 g/mol. The minimum Gasteiger partial charge on any atom is -0.426 e. The van der Waals surface area contributed by atoms with Crippen LogP contribution < -0.4 is 4.74 Å². The quantitative estimate of drug-likeness (QED) is 0.219. The third-order valence-electron chi connectivity index (χ3n) is 7.54. The Hall–Kier alpha value is -1.31. The number of hydrogen-bond acceptors (Lipinski definition) is 2. The van der Waals surface area contributed by atoms with E-state index < -0.39 is 0 Å². The Kier molecular flexibility index (Phi) is 9.75. The van der Waals surface area contributed by atoms with Crippen LogP contribution in [0.5, 0.6) is 5.75 Å². The van der Waals surface area contributed by atoms with Gasteiger partial charge in [0.2, 0.25) is 0 Å². The molecule has 0 heterocycles. The topological polar surface area (TPSA) is 26.3 Å². The fourth-order valence-corrected chi connectivity index (χ4v) is 5.52. The second-order valence-electron chi connectivity index (χ2n) is 9.95. The van der Waals surface area contributed by atoms with Crippen molar-refractivity contribution < 1.29 is 9.53 Å². The first-order valence-corrected chi connectivity index (χ1v) is 13.1. The smallest absolute Gasteiger partial charge is 0.314 e. The van der Waals surface area contributed by atoms with Crippen molar-refractivity contribution in [2.24, 2.45) is 11.8 Å². The first kappa shape index (κ1) is 23.4. The van der Waals surface area contributed by atoms with E-state index in [-0.39, 0.29) is 11.9 Å². The van der Waals surface area contributed by atoms with Crippen LogP contribution in [0.3, 0.4) is 0 Å². The summed E-state index contributed by atoms with van der Waals surface area (Å²) in [7, 11) is 0. The van der Waals surface area contributed by atoms with E-state index in [1.54, 1.807) is 0 Å². The van der Waals surface area contributed by atoms with Crippen LogP contribution in [-0.4, -0.2) is 5.97 Å². The molecule has 30 heavy (non-hydrogen) atoms. The molecule has 168 valence electrons. The monoisotopic (exact) mass is 412 g/mol. The molecule has 0 radical (unpaired) electrons. The van der Waals surface area contributed by atoms with Crippen LogP contribution >= 0.6 is 0 Å². The molecule has 2 heteroatoms. The van der Waals surface area contributed by atoms with Gasteiger partial charge in [0.15, 0.2) is 0 Å². The minimum atomic E-state index is 0.0281. The molecule has 0 saturated heterocycles. The Balaban J connectivity index is 1.61. The number of unbranched alkanes of at least 4 members (excludes halogenated alkanes) is 3. The van der Waals surface area contributed by atoms with Crippen molar-refractivity contribution in [3.05, 3.63) is 29.3 Å². The molecule has 0 atom stereocenters. The zero-order valence-electron chi connectivity index (χ0n) is 19.6. The third-order valence-corrected chi connectivity index (χ3v) is 7.54. The van der Waals surface area contributed by atoms with E-state index in [1.165, 1.54) is 94.6 Å². The number of carbonyl (C=O) groups excluding carboxylic acids is 1. The maximum atomic E-state index is 13.0. The number of hydrogen-bond donors (Lipinski definition) is 0. The van der Waals surface area contributed by atoms with Gasteiger partial charge in [-0.3, -0.25) is 4.79 Å². The van der Waals surface area contributed by atoms with Gasteiger partial charge >= 0.3 is 5.97 Å². The highest BCUT2D eigenvalue weighted by molar-refractivity contribution is 5.75. The first-order valence-electron chi connectivity index (χ1n) is 13.1. The molecule has 2 fully saturated rings. The molecule has 2 nitrogen and oxygen atoms in total. The number of esters is 1. The number of benzene rings is 1. The maximum Gasteiger partial charge on any atom is 0.314 e. The van der Waals surface area contributed by atoms with Crippen LogP contribution in [0.4, 0.5) is 0 Å². The first-order chi connectivity index (χ1) is 14.7. The lowest BCUT2D eigenvalue weighted by atomic mass is 9.79. The van der Waals surface area contributed by atoms with Crippen LogP contribution in [-0.2, 0) is 11.2 Å². The summed E-state index contributed by atoms with van der Waals surface area (Å²) in [6.45, 7) is 4.52. The number of ether oxygens (including phenoxy) is 1. The maximum absolute atomic E-state index is 13.0. The lowest BCUT2D eigenvalue weighted by Crippen LogP contribution is -2.26. The van der Waals surface area contributed by atoms with Crippen LogP contribution in [0, 0.1) is 11.8 Å². The highest BCUT2D eigenvalue weighted by atomic mass is 16.5. The van der Waals surface area contributed by atoms with Crippen molar-refractivity contribution in [1.82, 2.24) is 0 Å². The predicted octanol–water partition coefficient (Wildman–Crippen LogP) is 8.37. The highest BCUT2D eigenvalue weighted by Crippen LogP contribution is 2.39. The number of aryl methyl sites for hydroxylation is 1. The predicted molar refractivity (Wildman–Crippen MR) is 126 cm³/mol. The van der Waals surface area contributed by atoms with Crippen molar-refractivity contribution in [1.29, 1.82) is 0 Å². The molecule has 1 aromatic rings. The van der Waals surface area contributed by atoms with E-state index in [2.05, 4.69) is 32.0 Å². The molecule has 1 aromatic carbocycles. The minimum absolute atomic E-state index is 0.0281. The van der Waals surface area contributed by atoms with Crippen molar-refractivity contribution in [3.63, 3.8) is 0 Å². The van der Waals surface area contributed by atoms with E-state index in [9.17, 15) is 4.79 Å². The fraction of sp³-hybridized carbons (Fsp3) is 0.750. The van der Waals surface area contributed by atoms with Gasteiger partial charge in [-0.15, -0.1) is 0 Å². The van der Waals surface area contributed by atoms with E-state index in [1.807, 2.05) is 0 Å². The molecule has 0 unspecified atom stereocenters. The second kappa shape index (κ2) is 12.5. The molecule has 0 spiro atoms. The Bertz CT molecular complexity index is 636. The Labute approximate surface area is 185 Å². The summed E-state index contributed by atoms with van der Waals surface area (Å²) < 4.78 is 6.09. The molecule has 0 amide bonds. The van der Waals surface area contributed by atoms with Crippen molar-refractivity contribution >= 4 is 5.97 Å². The summed E-state index contributed by atoms with van der Waals surface area (Å²) in [6, 6.07) is 6.65. The largest absolute Gasteiger partial charge is 0.426 e. The van der Waals surface area contributed by atoms with Crippen molar-refractivity contribution in [2.45, 2.75) is 122 Å². The summed E-state index contributed by atoms with van der Waals surface area (Å²) in [5.74, 6) is 2.39. The van der Waals surface area contributed by atoms with Crippen LogP contribution in [0.15, 0.2) is 18.2 Å². The molecule has 2 saturated carbocycles. The standard InChI is InChI=1S/C28H44O2/c1-3-5-8-12-22-15-18-25(19-16-22)28(29)30-27-20-17-23(11-6-4-2)21-26(27)24-13-9-7-10-14-24/h17,20-22,24-25H,3-16,18-19H2,1-2H3. The molecule has 0 aromatic heterocycles. The van der Waals surface area contributed by atoms with Gasteiger partial charge in [0.1, 0.15) is 5.75 Å². The van der Waals surface area contributed by atoms with Gasteiger partial charge in [0, 0.05) is 0 Å². The molecule has 2 aliphatic rings. The summed E-state index contributed by atoms with van der Waals surface area (Å²) >= 11 is 0. The molecule has 0 aliphatic heterocycles. The second-order valence-corrected chi connectivity index (χ2v) is 9.95. The normalized spacial score (nSPS) is 22.7. The van der Waals surface area contributed by atoms with Crippen molar-refractivity contribution in [2.75, 3.05) is 0 Å². The average Bonchev–Trinajstić information content (AvgIpc) is 2.79. The molecule has 2 aliphatic carbocycles. The molecule has 3 rings (SSSR count). The van der Waals surface area contributed by atoms with E-state index >= 15 is 0 Å². The van der Waals surface area contributed by atoms with Crippen molar-refractivity contribution in [3.8, 4) is 5.75 Å². The van der Waals surface area contributed by atoms with Gasteiger partial charge in [0.25, 0.3) is 0 Å². The number of carbonyl (C=O) groups is 1. The zero-order valence-corrected chi connectivity index (χ0v) is 19.6. The van der Waals surface area contributed by atoms with Gasteiger partial charge in [-0.05, 0) is 80.4 Å². The summed E-state index contributed by atoms with van der Waals surface area (Å²) in [6.07, 6.45) is 19.8. The summed E-state index contributed by atoms with van der Waals surface area (Å²) in [5.41, 5.74) is 2.72. The van der Waals surface area contributed by atoms with Gasteiger partial charge in [-0.25, -0.2) is 0 Å². The Morgan fingerprint density at radius 1 is 0.900 bits per heavy atom.